The Kier molecular flexibility index (Phi) is 5.07. The minimum atomic E-state index is 0.433. The van der Waals surface area contributed by atoms with Crippen molar-refractivity contribution in [3.05, 3.63) is 0 Å². The monoisotopic (exact) mass is 290 g/mol. The van der Waals surface area contributed by atoms with Gasteiger partial charge in [0.05, 0.1) is 12.7 Å². The Labute approximate surface area is 107 Å². The van der Waals surface area contributed by atoms with Crippen LogP contribution in [-0.2, 0) is 4.74 Å². The molecule has 94 valence electrons. The van der Waals surface area contributed by atoms with Crippen LogP contribution in [0.3, 0.4) is 0 Å². The van der Waals surface area contributed by atoms with Crippen LogP contribution < -0.4 is 0 Å². The highest BCUT2D eigenvalue weighted by Gasteiger charge is 2.26. The fourth-order valence-electron chi connectivity index (χ4n) is 2.67. The molecule has 2 saturated heterocycles. The molecule has 0 bridgehead atoms. The molecule has 2 atom stereocenters. The van der Waals surface area contributed by atoms with Crippen molar-refractivity contribution in [3.8, 4) is 0 Å². The molecule has 2 fully saturated rings. The van der Waals surface area contributed by atoms with Crippen molar-refractivity contribution < 1.29 is 4.74 Å². The zero-order chi connectivity index (χ0) is 11.4. The van der Waals surface area contributed by atoms with Crippen LogP contribution >= 0.6 is 15.9 Å². The van der Waals surface area contributed by atoms with Crippen LogP contribution in [0.5, 0.6) is 0 Å². The Bertz CT molecular complexity index is 215. The first-order chi connectivity index (χ1) is 7.81. The van der Waals surface area contributed by atoms with E-state index in [0.717, 1.165) is 44.0 Å². The maximum Gasteiger partial charge on any atom is 0.0829 e. The highest BCUT2D eigenvalue weighted by atomic mass is 79.9. The fourth-order valence-corrected chi connectivity index (χ4v) is 3.20. The highest BCUT2D eigenvalue weighted by molar-refractivity contribution is 9.09. The molecule has 0 spiro atoms. The van der Waals surface area contributed by atoms with Gasteiger partial charge in [-0.15, -0.1) is 0 Å². The number of ether oxygens (including phenoxy) is 1. The number of hydrogen-bond acceptors (Lipinski definition) is 3. The number of likely N-dealkylation sites (N-methyl/N-ethyl adjacent to an activating group) is 1. The van der Waals surface area contributed by atoms with E-state index in [1.807, 2.05) is 0 Å². The smallest absolute Gasteiger partial charge is 0.0829 e. The molecule has 2 rings (SSSR count). The van der Waals surface area contributed by atoms with Gasteiger partial charge in [-0.05, 0) is 25.4 Å². The number of nitrogens with zero attached hydrogens (tertiary/aromatic N) is 2. The van der Waals surface area contributed by atoms with Crippen molar-refractivity contribution in [2.75, 3.05) is 51.2 Å². The average Bonchev–Trinajstić information content (AvgIpc) is 2.77. The maximum absolute atomic E-state index is 5.85. The van der Waals surface area contributed by atoms with Crippen LogP contribution in [0, 0.1) is 5.92 Å². The van der Waals surface area contributed by atoms with Gasteiger partial charge in [0.1, 0.15) is 0 Å². The van der Waals surface area contributed by atoms with Crippen molar-refractivity contribution in [2.24, 2.45) is 5.92 Å². The zero-order valence-electron chi connectivity index (χ0n) is 10.2. The molecule has 16 heavy (non-hydrogen) atoms. The first-order valence-corrected chi connectivity index (χ1v) is 7.56. The van der Waals surface area contributed by atoms with Gasteiger partial charge in [-0.25, -0.2) is 0 Å². The normalized spacial score (nSPS) is 33.4. The fraction of sp³-hybridized carbons (Fsp3) is 1.00. The molecule has 3 nitrogen and oxygen atoms in total. The molecule has 2 unspecified atom stereocenters. The van der Waals surface area contributed by atoms with Crippen molar-refractivity contribution >= 4 is 15.9 Å². The van der Waals surface area contributed by atoms with Crippen LogP contribution in [0.25, 0.3) is 0 Å². The summed E-state index contributed by atoms with van der Waals surface area (Å²) in [5, 5.41) is 1.15. The van der Waals surface area contributed by atoms with Crippen molar-refractivity contribution in [1.82, 2.24) is 9.80 Å². The van der Waals surface area contributed by atoms with E-state index in [0.29, 0.717) is 6.10 Å². The largest absolute Gasteiger partial charge is 0.374 e. The van der Waals surface area contributed by atoms with Gasteiger partial charge in [-0.1, -0.05) is 22.9 Å². The summed E-state index contributed by atoms with van der Waals surface area (Å²) in [6, 6.07) is 0. The second-order valence-corrected chi connectivity index (χ2v) is 5.60. The Hall–Kier alpha value is 0.360. The van der Waals surface area contributed by atoms with Crippen LogP contribution in [0.2, 0.25) is 0 Å². The average molecular weight is 291 g/mol. The van der Waals surface area contributed by atoms with E-state index < -0.39 is 0 Å². The third-order valence-corrected chi connectivity index (χ3v) is 4.64. The molecule has 0 amide bonds. The molecule has 2 heterocycles. The molecule has 2 aliphatic rings. The lowest BCUT2D eigenvalue weighted by Crippen LogP contribution is -2.47. The number of morpholine rings is 1. The van der Waals surface area contributed by atoms with Crippen LogP contribution in [0.4, 0.5) is 0 Å². The minimum absolute atomic E-state index is 0.433. The van der Waals surface area contributed by atoms with E-state index >= 15 is 0 Å². The Morgan fingerprint density at radius 1 is 1.25 bits per heavy atom. The van der Waals surface area contributed by atoms with E-state index in [1.165, 1.54) is 19.5 Å². The third-order valence-electron chi connectivity index (χ3n) is 3.72. The number of likely N-dealkylation sites (tertiary alicyclic amines) is 1. The van der Waals surface area contributed by atoms with Gasteiger partial charge >= 0.3 is 0 Å². The SMILES string of the molecule is CCN1CCOC(CN2CCC(CBr)C2)C1. The minimum Gasteiger partial charge on any atom is -0.374 e. The lowest BCUT2D eigenvalue weighted by atomic mass is 10.2. The summed E-state index contributed by atoms with van der Waals surface area (Å²) < 4.78 is 5.85. The number of hydrogen-bond donors (Lipinski definition) is 0. The van der Waals surface area contributed by atoms with Gasteiger partial charge in [-0.3, -0.25) is 4.90 Å². The molecule has 0 radical (unpaired) electrons. The zero-order valence-corrected chi connectivity index (χ0v) is 11.8. The Balaban J connectivity index is 1.73. The highest BCUT2D eigenvalue weighted by Crippen LogP contribution is 2.19. The summed E-state index contributed by atoms with van der Waals surface area (Å²) >= 11 is 3.58. The lowest BCUT2D eigenvalue weighted by Gasteiger charge is -2.34. The van der Waals surface area contributed by atoms with E-state index in [2.05, 4.69) is 32.7 Å². The number of alkyl halides is 1. The van der Waals surface area contributed by atoms with Crippen molar-refractivity contribution in [2.45, 2.75) is 19.4 Å². The summed E-state index contributed by atoms with van der Waals surface area (Å²) in [6.45, 7) is 10.2. The molecule has 4 heteroatoms. The van der Waals surface area contributed by atoms with Crippen LogP contribution in [0.1, 0.15) is 13.3 Å². The Morgan fingerprint density at radius 3 is 2.81 bits per heavy atom. The molecule has 0 N–H and O–H groups in total. The van der Waals surface area contributed by atoms with Gasteiger partial charge < -0.3 is 9.64 Å². The molecule has 0 aromatic rings. The third kappa shape index (κ3) is 3.42. The Morgan fingerprint density at radius 2 is 2.12 bits per heavy atom. The maximum atomic E-state index is 5.85. The van der Waals surface area contributed by atoms with Crippen LogP contribution in [0.15, 0.2) is 0 Å². The van der Waals surface area contributed by atoms with E-state index in [-0.39, 0.29) is 0 Å². The number of rotatable bonds is 4. The van der Waals surface area contributed by atoms with Gasteiger partial charge in [-0.2, -0.15) is 0 Å². The van der Waals surface area contributed by atoms with Gasteiger partial charge in [0.15, 0.2) is 0 Å². The summed E-state index contributed by atoms with van der Waals surface area (Å²) in [7, 11) is 0. The first kappa shape index (κ1) is 12.8. The molecule has 0 aromatic carbocycles. The summed E-state index contributed by atoms with van der Waals surface area (Å²) in [5.41, 5.74) is 0. The molecular weight excluding hydrogens is 268 g/mol. The van der Waals surface area contributed by atoms with Gasteiger partial charge in [0.25, 0.3) is 0 Å². The van der Waals surface area contributed by atoms with E-state index in [9.17, 15) is 0 Å². The predicted molar refractivity (Wildman–Crippen MR) is 70.2 cm³/mol. The molecular formula is C12H23BrN2O. The van der Waals surface area contributed by atoms with Crippen molar-refractivity contribution in [1.29, 1.82) is 0 Å². The van der Waals surface area contributed by atoms with Crippen LogP contribution in [-0.4, -0.2) is 67.1 Å². The molecule has 0 saturated carbocycles. The van der Waals surface area contributed by atoms with Gasteiger partial charge in [0.2, 0.25) is 0 Å². The standard InChI is InChI=1S/C12H23BrN2O/c1-2-14-5-6-16-12(9-14)10-15-4-3-11(7-13)8-15/h11-12H,2-10H2,1H3. The second kappa shape index (κ2) is 6.34. The van der Waals surface area contributed by atoms with E-state index in [1.54, 1.807) is 0 Å². The predicted octanol–water partition coefficient (Wildman–Crippen LogP) is 1.42. The van der Waals surface area contributed by atoms with Crippen molar-refractivity contribution in [3.63, 3.8) is 0 Å². The number of halogens is 1. The summed E-state index contributed by atoms with van der Waals surface area (Å²) in [5.74, 6) is 0.853. The summed E-state index contributed by atoms with van der Waals surface area (Å²) in [4.78, 5) is 5.06. The van der Waals surface area contributed by atoms with E-state index in [4.69, 9.17) is 4.74 Å². The summed E-state index contributed by atoms with van der Waals surface area (Å²) in [6.07, 6.45) is 1.78. The topological polar surface area (TPSA) is 15.7 Å². The second-order valence-electron chi connectivity index (χ2n) is 4.95. The van der Waals surface area contributed by atoms with Gasteiger partial charge in [0, 0.05) is 31.5 Å². The lowest BCUT2D eigenvalue weighted by molar-refractivity contribution is -0.0394. The quantitative estimate of drug-likeness (QED) is 0.729. The first-order valence-electron chi connectivity index (χ1n) is 6.44. The molecule has 0 aliphatic carbocycles. The molecule has 2 aliphatic heterocycles. The molecule has 0 aromatic heterocycles.